The molecule has 112 valence electrons. The predicted octanol–water partition coefficient (Wildman–Crippen LogP) is 4.52. The molecule has 0 radical (unpaired) electrons. The van der Waals surface area contributed by atoms with Crippen molar-refractivity contribution in [3.8, 4) is 0 Å². The van der Waals surface area contributed by atoms with Gasteiger partial charge in [-0.2, -0.15) is 5.10 Å². The van der Waals surface area contributed by atoms with E-state index in [9.17, 15) is 0 Å². The summed E-state index contributed by atoms with van der Waals surface area (Å²) in [6.07, 6.45) is 5.33. The molecule has 1 atom stereocenters. The van der Waals surface area contributed by atoms with Crippen molar-refractivity contribution in [1.82, 2.24) is 14.8 Å². The molecule has 0 saturated heterocycles. The van der Waals surface area contributed by atoms with Crippen molar-refractivity contribution in [2.45, 2.75) is 25.3 Å². The lowest BCUT2D eigenvalue weighted by molar-refractivity contribution is 0.355. The summed E-state index contributed by atoms with van der Waals surface area (Å²) in [4.78, 5) is 4.16. The summed E-state index contributed by atoms with van der Waals surface area (Å²) >= 11 is 6.07. The first kappa shape index (κ1) is 14.8. The molecule has 22 heavy (non-hydrogen) atoms. The van der Waals surface area contributed by atoms with Gasteiger partial charge in [0.25, 0.3) is 0 Å². The maximum Gasteiger partial charge on any atom is 0.137 e. The quantitative estimate of drug-likeness (QED) is 0.693. The Morgan fingerprint density at radius 2 is 1.68 bits per heavy atom. The van der Waals surface area contributed by atoms with Crippen LogP contribution in [-0.2, 0) is 5.54 Å². The van der Waals surface area contributed by atoms with Crippen molar-refractivity contribution in [3.05, 3.63) is 83.4 Å². The molecule has 3 aromatic rings. The van der Waals surface area contributed by atoms with E-state index in [2.05, 4.69) is 53.4 Å². The van der Waals surface area contributed by atoms with Gasteiger partial charge in [0.05, 0.1) is 0 Å². The van der Waals surface area contributed by atoms with E-state index in [4.69, 9.17) is 11.6 Å². The molecule has 3 nitrogen and oxygen atoms in total. The lowest BCUT2D eigenvalue weighted by Gasteiger charge is -2.35. The minimum absolute atomic E-state index is 0.364. The SMILES string of the molecule is CCCC(c1ccccc1)(c1ccc(Cl)cc1)n1cncn1. The van der Waals surface area contributed by atoms with Crippen LogP contribution in [0.5, 0.6) is 0 Å². The molecule has 2 aromatic carbocycles. The lowest BCUT2D eigenvalue weighted by Crippen LogP contribution is -2.36. The van der Waals surface area contributed by atoms with Crippen molar-refractivity contribution in [3.63, 3.8) is 0 Å². The van der Waals surface area contributed by atoms with Gasteiger partial charge in [-0.05, 0) is 29.7 Å². The standard InChI is InChI=1S/C18H18ClN3/c1-2-12-18(22-14-20-13-21-22,15-6-4-3-5-7-15)16-8-10-17(19)11-9-16/h3-11,13-14H,2,12H2,1H3. The molecular formula is C18H18ClN3. The average molecular weight is 312 g/mol. The molecular weight excluding hydrogens is 294 g/mol. The third-order valence-corrected chi connectivity index (χ3v) is 4.25. The number of hydrogen-bond acceptors (Lipinski definition) is 2. The van der Waals surface area contributed by atoms with E-state index in [0.29, 0.717) is 0 Å². The van der Waals surface area contributed by atoms with E-state index >= 15 is 0 Å². The van der Waals surface area contributed by atoms with Gasteiger partial charge in [0.2, 0.25) is 0 Å². The van der Waals surface area contributed by atoms with Gasteiger partial charge in [0.1, 0.15) is 18.2 Å². The van der Waals surface area contributed by atoms with E-state index in [1.807, 2.05) is 22.9 Å². The molecule has 0 spiro atoms. The largest absolute Gasteiger partial charge is 0.238 e. The monoisotopic (exact) mass is 311 g/mol. The highest BCUT2D eigenvalue weighted by Gasteiger charge is 2.36. The van der Waals surface area contributed by atoms with Crippen LogP contribution in [0.4, 0.5) is 0 Å². The number of rotatable bonds is 5. The zero-order valence-corrected chi connectivity index (χ0v) is 13.2. The summed E-state index contributed by atoms with van der Waals surface area (Å²) in [6.45, 7) is 2.19. The summed E-state index contributed by atoms with van der Waals surface area (Å²) < 4.78 is 1.95. The minimum atomic E-state index is -0.364. The topological polar surface area (TPSA) is 30.7 Å². The summed E-state index contributed by atoms with van der Waals surface area (Å²) in [5, 5.41) is 5.19. The lowest BCUT2D eigenvalue weighted by atomic mass is 9.79. The highest BCUT2D eigenvalue weighted by molar-refractivity contribution is 6.30. The number of aromatic nitrogens is 3. The maximum atomic E-state index is 6.07. The fourth-order valence-corrected chi connectivity index (χ4v) is 3.17. The first-order valence-corrected chi connectivity index (χ1v) is 7.82. The summed E-state index contributed by atoms with van der Waals surface area (Å²) in [5.74, 6) is 0. The number of nitrogens with zero attached hydrogens (tertiary/aromatic N) is 3. The van der Waals surface area contributed by atoms with E-state index in [1.54, 1.807) is 12.7 Å². The highest BCUT2D eigenvalue weighted by Crippen LogP contribution is 2.38. The van der Waals surface area contributed by atoms with Crippen LogP contribution in [0.1, 0.15) is 30.9 Å². The minimum Gasteiger partial charge on any atom is -0.238 e. The van der Waals surface area contributed by atoms with Crippen LogP contribution in [0.15, 0.2) is 67.3 Å². The Balaban J connectivity index is 2.26. The molecule has 0 aliphatic carbocycles. The number of benzene rings is 2. The van der Waals surface area contributed by atoms with Crippen LogP contribution in [-0.4, -0.2) is 14.8 Å². The second-order valence-corrected chi connectivity index (χ2v) is 5.76. The number of hydrogen-bond donors (Lipinski definition) is 0. The first-order valence-electron chi connectivity index (χ1n) is 7.44. The molecule has 4 heteroatoms. The Morgan fingerprint density at radius 1 is 1.00 bits per heavy atom. The van der Waals surface area contributed by atoms with E-state index in [0.717, 1.165) is 23.4 Å². The Bertz CT molecular complexity index is 708. The number of halogens is 1. The molecule has 1 heterocycles. The van der Waals surface area contributed by atoms with Crippen LogP contribution in [0.3, 0.4) is 0 Å². The molecule has 1 unspecified atom stereocenters. The second-order valence-electron chi connectivity index (χ2n) is 5.32. The molecule has 1 aromatic heterocycles. The van der Waals surface area contributed by atoms with E-state index < -0.39 is 0 Å². The predicted molar refractivity (Wildman–Crippen MR) is 89.0 cm³/mol. The van der Waals surface area contributed by atoms with Crippen LogP contribution < -0.4 is 0 Å². The summed E-state index contributed by atoms with van der Waals surface area (Å²) in [7, 11) is 0. The van der Waals surface area contributed by atoms with Gasteiger partial charge in [0.15, 0.2) is 0 Å². The van der Waals surface area contributed by atoms with Crippen LogP contribution in [0.25, 0.3) is 0 Å². The summed E-state index contributed by atoms with van der Waals surface area (Å²) in [6, 6.07) is 18.5. The summed E-state index contributed by atoms with van der Waals surface area (Å²) in [5.41, 5.74) is 2.00. The Labute approximate surface area is 135 Å². The van der Waals surface area contributed by atoms with E-state index in [1.165, 1.54) is 5.56 Å². The normalized spacial score (nSPS) is 13.7. The molecule has 0 fully saturated rings. The van der Waals surface area contributed by atoms with Gasteiger partial charge in [-0.15, -0.1) is 0 Å². The Kier molecular flexibility index (Phi) is 4.25. The van der Waals surface area contributed by atoms with Gasteiger partial charge < -0.3 is 0 Å². The van der Waals surface area contributed by atoms with Crippen molar-refractivity contribution in [2.75, 3.05) is 0 Å². The molecule has 0 N–H and O–H groups in total. The molecule has 0 saturated carbocycles. The smallest absolute Gasteiger partial charge is 0.137 e. The van der Waals surface area contributed by atoms with Gasteiger partial charge >= 0.3 is 0 Å². The molecule has 0 aliphatic rings. The van der Waals surface area contributed by atoms with Crippen molar-refractivity contribution < 1.29 is 0 Å². The van der Waals surface area contributed by atoms with Gasteiger partial charge in [0, 0.05) is 5.02 Å². The zero-order chi connectivity index (χ0) is 15.4. The van der Waals surface area contributed by atoms with Crippen molar-refractivity contribution in [1.29, 1.82) is 0 Å². The fraction of sp³-hybridized carbons (Fsp3) is 0.222. The highest BCUT2D eigenvalue weighted by atomic mass is 35.5. The molecule has 0 amide bonds. The fourth-order valence-electron chi connectivity index (χ4n) is 3.04. The first-order chi connectivity index (χ1) is 10.8. The van der Waals surface area contributed by atoms with Crippen LogP contribution >= 0.6 is 11.6 Å². The third kappa shape index (κ3) is 2.53. The van der Waals surface area contributed by atoms with Gasteiger partial charge in [-0.25, -0.2) is 9.67 Å². The van der Waals surface area contributed by atoms with Crippen molar-refractivity contribution in [2.24, 2.45) is 0 Å². The van der Waals surface area contributed by atoms with Crippen molar-refractivity contribution >= 4 is 11.6 Å². The second kappa shape index (κ2) is 6.32. The molecule has 0 bridgehead atoms. The van der Waals surface area contributed by atoms with E-state index in [-0.39, 0.29) is 5.54 Å². The van der Waals surface area contributed by atoms with Gasteiger partial charge in [-0.3, -0.25) is 0 Å². The van der Waals surface area contributed by atoms with Crippen LogP contribution in [0, 0.1) is 0 Å². The maximum absolute atomic E-state index is 6.07. The third-order valence-electron chi connectivity index (χ3n) is 3.99. The average Bonchev–Trinajstić information content (AvgIpc) is 3.09. The Morgan fingerprint density at radius 3 is 2.27 bits per heavy atom. The molecule has 0 aliphatic heterocycles. The Hall–Kier alpha value is -2.13. The van der Waals surface area contributed by atoms with Crippen LogP contribution in [0.2, 0.25) is 5.02 Å². The zero-order valence-electron chi connectivity index (χ0n) is 12.5. The van der Waals surface area contributed by atoms with Gasteiger partial charge in [-0.1, -0.05) is 67.4 Å². The molecule has 3 rings (SSSR count).